The van der Waals surface area contributed by atoms with Crippen LogP contribution in [0, 0.1) is 0 Å². The molecule has 1 heterocycles. The molecular weight excluding hydrogens is 270 g/mol. The minimum Gasteiger partial charge on any atom is -0.504 e. The van der Waals surface area contributed by atoms with Crippen LogP contribution in [0.15, 0.2) is 48.5 Å². The van der Waals surface area contributed by atoms with Gasteiger partial charge in [0.15, 0.2) is 11.5 Å². The van der Waals surface area contributed by atoms with E-state index in [1.807, 2.05) is 30.3 Å². The second kappa shape index (κ2) is 4.79. The van der Waals surface area contributed by atoms with Gasteiger partial charge >= 0.3 is 5.97 Å². The summed E-state index contributed by atoms with van der Waals surface area (Å²) in [5, 5.41) is 29.0. The molecule has 0 aliphatic carbocycles. The van der Waals surface area contributed by atoms with Gasteiger partial charge in [0.2, 0.25) is 0 Å². The Morgan fingerprint density at radius 2 is 1.62 bits per heavy atom. The highest BCUT2D eigenvalue weighted by molar-refractivity contribution is 6.00. The predicted molar refractivity (Wildman–Crippen MR) is 77.5 cm³/mol. The van der Waals surface area contributed by atoms with Crippen LogP contribution in [-0.4, -0.2) is 26.3 Å². The summed E-state index contributed by atoms with van der Waals surface area (Å²) in [6, 6.07) is 13.3. The molecule has 1 aromatic heterocycles. The zero-order chi connectivity index (χ0) is 15.0. The second-order valence-electron chi connectivity index (χ2n) is 4.58. The molecule has 0 aliphatic heterocycles. The van der Waals surface area contributed by atoms with E-state index < -0.39 is 5.97 Å². The van der Waals surface area contributed by atoms with Crippen molar-refractivity contribution >= 4 is 16.9 Å². The quantitative estimate of drug-likeness (QED) is 0.628. The first kappa shape index (κ1) is 12.9. The van der Waals surface area contributed by atoms with E-state index in [4.69, 9.17) is 5.11 Å². The zero-order valence-electron chi connectivity index (χ0n) is 10.8. The Kier molecular flexibility index (Phi) is 2.95. The lowest BCUT2D eigenvalue weighted by atomic mass is 9.99. The van der Waals surface area contributed by atoms with Crippen LogP contribution in [0.1, 0.15) is 10.5 Å². The van der Waals surface area contributed by atoms with Gasteiger partial charge in [-0.3, -0.25) is 0 Å². The molecule has 0 spiro atoms. The van der Waals surface area contributed by atoms with Gasteiger partial charge < -0.3 is 15.3 Å². The average Bonchev–Trinajstić information content (AvgIpc) is 2.48. The van der Waals surface area contributed by atoms with Gasteiger partial charge in [0.25, 0.3) is 0 Å². The summed E-state index contributed by atoms with van der Waals surface area (Å²) in [6.45, 7) is 0. The average molecular weight is 281 g/mol. The summed E-state index contributed by atoms with van der Waals surface area (Å²) in [6.07, 6.45) is 0. The Morgan fingerprint density at radius 1 is 0.952 bits per heavy atom. The fourth-order valence-electron chi connectivity index (χ4n) is 2.22. The summed E-state index contributed by atoms with van der Waals surface area (Å²) < 4.78 is 0. The van der Waals surface area contributed by atoms with Gasteiger partial charge in [0.05, 0.1) is 5.52 Å². The van der Waals surface area contributed by atoms with E-state index in [1.165, 1.54) is 18.2 Å². The van der Waals surface area contributed by atoms with Crippen molar-refractivity contribution in [3.8, 4) is 22.6 Å². The van der Waals surface area contributed by atoms with Crippen LogP contribution in [0.5, 0.6) is 11.5 Å². The molecule has 2 aromatic carbocycles. The number of aromatic hydroxyl groups is 2. The molecule has 0 amide bonds. The Labute approximate surface area is 119 Å². The number of aromatic carboxylic acids is 1. The Hall–Kier alpha value is -3.08. The Bertz CT molecular complexity index is 844. The summed E-state index contributed by atoms with van der Waals surface area (Å²) in [5.41, 5.74) is 1.63. The molecule has 0 saturated carbocycles. The number of rotatable bonds is 2. The Morgan fingerprint density at radius 3 is 2.29 bits per heavy atom. The van der Waals surface area contributed by atoms with E-state index in [1.54, 1.807) is 0 Å². The third-order valence-corrected chi connectivity index (χ3v) is 3.21. The number of hydrogen-bond acceptors (Lipinski definition) is 4. The summed E-state index contributed by atoms with van der Waals surface area (Å²) in [7, 11) is 0. The topological polar surface area (TPSA) is 90.7 Å². The summed E-state index contributed by atoms with van der Waals surface area (Å²) in [4.78, 5) is 15.2. The van der Waals surface area contributed by atoms with Crippen LogP contribution >= 0.6 is 0 Å². The number of carboxylic acid groups (broad SMARTS) is 1. The van der Waals surface area contributed by atoms with E-state index >= 15 is 0 Å². The lowest BCUT2D eigenvalue weighted by Gasteiger charge is -2.09. The van der Waals surface area contributed by atoms with Gasteiger partial charge in [0.1, 0.15) is 5.69 Å². The number of pyridine rings is 1. The van der Waals surface area contributed by atoms with Crippen molar-refractivity contribution in [2.24, 2.45) is 0 Å². The first-order valence-electron chi connectivity index (χ1n) is 6.21. The second-order valence-corrected chi connectivity index (χ2v) is 4.58. The molecule has 0 fully saturated rings. The van der Waals surface area contributed by atoms with Crippen LogP contribution in [-0.2, 0) is 0 Å². The molecule has 0 atom stereocenters. The van der Waals surface area contributed by atoms with Gasteiger partial charge in [0, 0.05) is 11.5 Å². The monoisotopic (exact) mass is 281 g/mol. The van der Waals surface area contributed by atoms with Crippen molar-refractivity contribution in [3.05, 3.63) is 54.2 Å². The number of carboxylic acids is 1. The number of phenols is 2. The van der Waals surface area contributed by atoms with Crippen molar-refractivity contribution < 1.29 is 20.1 Å². The zero-order valence-corrected chi connectivity index (χ0v) is 10.8. The molecule has 0 saturated heterocycles. The SMILES string of the molecule is O=C(O)c1cc(-c2ccccc2)c2cc(O)c(O)cc2n1. The summed E-state index contributed by atoms with van der Waals surface area (Å²) >= 11 is 0. The number of fused-ring (bicyclic) bond motifs is 1. The number of phenolic OH excluding ortho intramolecular Hbond substituents is 2. The first-order valence-corrected chi connectivity index (χ1v) is 6.21. The van der Waals surface area contributed by atoms with Gasteiger partial charge in [-0.15, -0.1) is 0 Å². The van der Waals surface area contributed by atoms with Gasteiger partial charge in [-0.1, -0.05) is 30.3 Å². The maximum absolute atomic E-state index is 11.2. The molecule has 0 unspecified atom stereocenters. The molecule has 3 aromatic rings. The molecule has 0 radical (unpaired) electrons. The third kappa shape index (κ3) is 2.25. The molecule has 104 valence electrons. The largest absolute Gasteiger partial charge is 0.504 e. The van der Waals surface area contributed by atoms with E-state index in [0.29, 0.717) is 16.5 Å². The van der Waals surface area contributed by atoms with Crippen LogP contribution in [0.2, 0.25) is 0 Å². The third-order valence-electron chi connectivity index (χ3n) is 3.21. The molecule has 3 N–H and O–H groups in total. The van der Waals surface area contributed by atoms with Gasteiger partial charge in [-0.05, 0) is 23.3 Å². The van der Waals surface area contributed by atoms with Gasteiger partial charge in [-0.2, -0.15) is 0 Å². The maximum Gasteiger partial charge on any atom is 0.354 e. The van der Waals surface area contributed by atoms with E-state index in [2.05, 4.69) is 4.98 Å². The van der Waals surface area contributed by atoms with Crippen molar-refractivity contribution in [3.63, 3.8) is 0 Å². The molecular formula is C16H11NO4. The standard InChI is InChI=1S/C16H11NO4/c18-14-7-11-10(9-4-2-1-3-5-9)6-13(16(20)21)17-12(11)8-15(14)19/h1-8,18-19H,(H,20,21). The number of aromatic nitrogens is 1. The molecule has 21 heavy (non-hydrogen) atoms. The molecule has 0 bridgehead atoms. The summed E-state index contributed by atoms with van der Waals surface area (Å²) in [5.74, 6) is -1.76. The maximum atomic E-state index is 11.2. The fourth-order valence-corrected chi connectivity index (χ4v) is 2.22. The van der Waals surface area contributed by atoms with Crippen molar-refractivity contribution in [2.75, 3.05) is 0 Å². The number of benzene rings is 2. The molecule has 5 heteroatoms. The van der Waals surface area contributed by atoms with Crippen LogP contribution < -0.4 is 0 Å². The number of nitrogens with zero attached hydrogens (tertiary/aromatic N) is 1. The van der Waals surface area contributed by atoms with Gasteiger partial charge in [-0.25, -0.2) is 9.78 Å². The van der Waals surface area contributed by atoms with Crippen molar-refractivity contribution in [2.45, 2.75) is 0 Å². The minimum atomic E-state index is -1.15. The minimum absolute atomic E-state index is 0.119. The first-order chi connectivity index (χ1) is 10.1. The van der Waals surface area contributed by atoms with Crippen LogP contribution in [0.4, 0.5) is 0 Å². The number of carbonyl (C=O) groups is 1. The lowest BCUT2D eigenvalue weighted by molar-refractivity contribution is 0.0691. The van der Waals surface area contributed by atoms with E-state index in [0.717, 1.165) is 5.56 Å². The van der Waals surface area contributed by atoms with Crippen molar-refractivity contribution in [1.29, 1.82) is 0 Å². The number of hydrogen-bond donors (Lipinski definition) is 3. The molecule has 0 aliphatic rings. The normalized spacial score (nSPS) is 10.7. The smallest absolute Gasteiger partial charge is 0.354 e. The predicted octanol–water partition coefficient (Wildman–Crippen LogP) is 3.01. The highest BCUT2D eigenvalue weighted by atomic mass is 16.4. The Balaban J connectivity index is 2.40. The highest BCUT2D eigenvalue weighted by Crippen LogP contribution is 2.35. The van der Waals surface area contributed by atoms with Crippen molar-refractivity contribution in [1.82, 2.24) is 4.98 Å². The van der Waals surface area contributed by atoms with E-state index in [9.17, 15) is 15.0 Å². The van der Waals surface area contributed by atoms with Crippen LogP contribution in [0.25, 0.3) is 22.0 Å². The fraction of sp³-hybridized carbons (Fsp3) is 0. The molecule has 5 nitrogen and oxygen atoms in total. The lowest BCUT2D eigenvalue weighted by Crippen LogP contribution is -2.01. The van der Waals surface area contributed by atoms with Crippen LogP contribution in [0.3, 0.4) is 0 Å². The molecule has 3 rings (SSSR count). The van der Waals surface area contributed by atoms with E-state index in [-0.39, 0.29) is 17.2 Å². The highest BCUT2D eigenvalue weighted by Gasteiger charge is 2.14.